The van der Waals surface area contributed by atoms with Crippen molar-refractivity contribution in [2.45, 2.75) is 22.5 Å². The molecule has 2 aliphatic rings. The fraction of sp³-hybridized carbons (Fsp3) is 0.192. The summed E-state index contributed by atoms with van der Waals surface area (Å²) in [4.78, 5) is 14.7. The van der Waals surface area contributed by atoms with Gasteiger partial charge in [-0.05, 0) is 23.8 Å². The fourth-order valence-corrected chi connectivity index (χ4v) is 5.87. The number of fused-ring (bicyclic) bond motifs is 2. The van der Waals surface area contributed by atoms with Crippen LogP contribution in [-0.2, 0) is 4.79 Å². The number of hydrogen-bond acceptors (Lipinski definition) is 4. The van der Waals surface area contributed by atoms with Gasteiger partial charge in [-0.25, -0.2) is 0 Å². The van der Waals surface area contributed by atoms with Gasteiger partial charge in [-0.3, -0.25) is 4.79 Å². The Balaban J connectivity index is 1.65. The van der Waals surface area contributed by atoms with Crippen molar-refractivity contribution in [2.75, 3.05) is 12.4 Å². The highest BCUT2D eigenvalue weighted by atomic mass is 32.2. The van der Waals surface area contributed by atoms with E-state index in [1.165, 1.54) is 5.56 Å². The van der Waals surface area contributed by atoms with Crippen LogP contribution in [0, 0.1) is 5.92 Å². The van der Waals surface area contributed by atoms with Gasteiger partial charge in [0.1, 0.15) is 11.5 Å². The zero-order chi connectivity index (χ0) is 20.5. The second-order valence-electron chi connectivity index (χ2n) is 7.69. The topological polar surface area (TPSA) is 38.3 Å². The summed E-state index contributed by atoms with van der Waals surface area (Å²) >= 11 is 1.74. The van der Waals surface area contributed by atoms with Crippen LogP contribution in [0.25, 0.3) is 0 Å². The fourth-order valence-electron chi connectivity index (χ4n) is 4.44. The molecule has 1 aliphatic carbocycles. The Morgan fingerprint density at radius 3 is 2.50 bits per heavy atom. The predicted molar refractivity (Wildman–Crippen MR) is 122 cm³/mol. The maximum absolute atomic E-state index is 13.6. The summed E-state index contributed by atoms with van der Waals surface area (Å²) in [5.41, 5.74) is 4.29. The number of ether oxygens (including phenoxy) is 1. The second kappa shape index (κ2) is 8.04. The quantitative estimate of drug-likeness (QED) is 0.554. The summed E-state index contributed by atoms with van der Waals surface area (Å²) in [7, 11) is 1.69. The number of nitrogens with one attached hydrogen (secondary N) is 1. The van der Waals surface area contributed by atoms with E-state index in [2.05, 4.69) is 41.7 Å². The monoisotopic (exact) mass is 413 g/mol. The largest absolute Gasteiger partial charge is 0.496 e. The summed E-state index contributed by atoms with van der Waals surface area (Å²) in [6.45, 7) is 0. The van der Waals surface area contributed by atoms with E-state index in [0.29, 0.717) is 6.42 Å². The standard InChI is InChI=1S/C26H23NO2S/c1-29-23-13-7-5-11-19(23)26-25-21(27-20-12-6-8-14-24(20)30-26)15-18(16-22(25)28)17-9-3-2-4-10-17/h2-15,18,25-27H,16H2,1H3/t18-,25-,26-/m0/s1. The zero-order valence-corrected chi connectivity index (χ0v) is 17.6. The second-order valence-corrected chi connectivity index (χ2v) is 8.87. The molecular formula is C26H23NO2S. The number of anilines is 1. The van der Waals surface area contributed by atoms with E-state index in [1.54, 1.807) is 18.9 Å². The third-order valence-electron chi connectivity index (χ3n) is 5.88. The Labute approximate surface area is 181 Å². The molecule has 150 valence electrons. The minimum absolute atomic E-state index is 0.0484. The van der Waals surface area contributed by atoms with Crippen molar-refractivity contribution in [1.29, 1.82) is 0 Å². The zero-order valence-electron chi connectivity index (χ0n) is 16.7. The minimum Gasteiger partial charge on any atom is -0.496 e. The summed E-state index contributed by atoms with van der Waals surface area (Å²) in [6.07, 6.45) is 2.77. The van der Waals surface area contributed by atoms with E-state index in [9.17, 15) is 4.79 Å². The maximum Gasteiger partial charge on any atom is 0.144 e. The molecule has 0 spiro atoms. The molecule has 30 heavy (non-hydrogen) atoms. The first-order valence-electron chi connectivity index (χ1n) is 10.2. The molecule has 1 heterocycles. The van der Waals surface area contributed by atoms with E-state index in [-0.39, 0.29) is 22.9 Å². The van der Waals surface area contributed by atoms with Gasteiger partial charge in [-0.15, -0.1) is 11.8 Å². The van der Waals surface area contributed by atoms with Crippen LogP contribution in [0.1, 0.15) is 28.7 Å². The van der Waals surface area contributed by atoms with E-state index < -0.39 is 0 Å². The van der Waals surface area contributed by atoms with Crippen LogP contribution in [0.3, 0.4) is 0 Å². The Morgan fingerprint density at radius 2 is 1.67 bits per heavy atom. The van der Waals surface area contributed by atoms with Crippen LogP contribution in [0.15, 0.2) is 95.5 Å². The van der Waals surface area contributed by atoms with Gasteiger partial charge in [0.2, 0.25) is 0 Å². The molecule has 0 saturated carbocycles. The molecule has 3 atom stereocenters. The van der Waals surface area contributed by atoms with Crippen molar-refractivity contribution in [3.05, 3.63) is 102 Å². The Bertz CT molecular complexity index is 1110. The number of rotatable bonds is 3. The highest BCUT2D eigenvalue weighted by molar-refractivity contribution is 7.99. The summed E-state index contributed by atoms with van der Waals surface area (Å²) in [5, 5.41) is 3.56. The Hall–Kier alpha value is -2.98. The average Bonchev–Trinajstić information content (AvgIpc) is 2.96. The van der Waals surface area contributed by atoms with Crippen molar-refractivity contribution in [3.8, 4) is 5.75 Å². The SMILES string of the molecule is COc1ccccc1[C@@H]1Sc2ccccc2NC2=C[C@H](c3ccccc3)CC(=O)[C@H]21. The summed E-state index contributed by atoms with van der Waals surface area (Å²) in [6, 6.07) is 26.6. The highest BCUT2D eigenvalue weighted by Gasteiger charge is 2.41. The molecule has 5 rings (SSSR count). The van der Waals surface area contributed by atoms with Gasteiger partial charge in [-0.2, -0.15) is 0 Å². The van der Waals surface area contributed by atoms with Gasteiger partial charge < -0.3 is 10.1 Å². The lowest BCUT2D eigenvalue weighted by Gasteiger charge is -2.32. The molecule has 3 aromatic rings. The van der Waals surface area contributed by atoms with Crippen molar-refractivity contribution in [3.63, 3.8) is 0 Å². The first-order valence-corrected chi connectivity index (χ1v) is 11.1. The summed E-state index contributed by atoms with van der Waals surface area (Å²) < 4.78 is 5.67. The van der Waals surface area contributed by atoms with Crippen molar-refractivity contribution in [1.82, 2.24) is 0 Å². The molecule has 3 nitrogen and oxygen atoms in total. The van der Waals surface area contributed by atoms with Gasteiger partial charge >= 0.3 is 0 Å². The molecule has 0 aromatic heterocycles. The van der Waals surface area contributed by atoms with Crippen LogP contribution < -0.4 is 10.1 Å². The number of allylic oxidation sites excluding steroid dienone is 2. The van der Waals surface area contributed by atoms with Crippen molar-refractivity contribution >= 4 is 23.2 Å². The van der Waals surface area contributed by atoms with Gasteiger partial charge in [0.15, 0.2) is 0 Å². The highest BCUT2D eigenvalue weighted by Crippen LogP contribution is 2.53. The first kappa shape index (κ1) is 19.0. The lowest BCUT2D eigenvalue weighted by molar-refractivity contribution is -0.122. The molecule has 0 bridgehead atoms. The number of carbonyl (C=O) groups is 1. The van der Waals surface area contributed by atoms with Gasteiger partial charge in [0.25, 0.3) is 0 Å². The number of methoxy groups -OCH3 is 1. The van der Waals surface area contributed by atoms with Crippen molar-refractivity contribution < 1.29 is 9.53 Å². The number of benzene rings is 3. The van der Waals surface area contributed by atoms with Crippen molar-refractivity contribution in [2.24, 2.45) is 5.92 Å². The first-order chi connectivity index (χ1) is 14.7. The van der Waals surface area contributed by atoms with E-state index in [1.807, 2.05) is 48.5 Å². The number of Topliss-reactive ketones (excluding diaryl/α,β-unsaturated/α-hetero) is 1. The van der Waals surface area contributed by atoms with Crippen LogP contribution in [-0.4, -0.2) is 12.9 Å². The maximum atomic E-state index is 13.6. The van der Waals surface area contributed by atoms with E-state index in [4.69, 9.17) is 4.74 Å². The van der Waals surface area contributed by atoms with Crippen LogP contribution >= 0.6 is 11.8 Å². The molecule has 3 aromatic carbocycles. The summed E-state index contributed by atoms with van der Waals surface area (Å²) in [5.74, 6) is 0.946. The smallest absolute Gasteiger partial charge is 0.144 e. The molecule has 1 aliphatic heterocycles. The molecule has 0 amide bonds. The van der Waals surface area contributed by atoms with Gasteiger partial charge in [0, 0.05) is 28.5 Å². The third kappa shape index (κ3) is 3.41. The average molecular weight is 414 g/mol. The van der Waals surface area contributed by atoms with Crippen LogP contribution in [0.4, 0.5) is 5.69 Å². The number of para-hydroxylation sites is 2. The predicted octanol–water partition coefficient (Wildman–Crippen LogP) is 6.21. The lowest BCUT2D eigenvalue weighted by Crippen LogP contribution is -2.30. The van der Waals surface area contributed by atoms with E-state index >= 15 is 0 Å². The lowest BCUT2D eigenvalue weighted by atomic mass is 9.78. The molecule has 1 N–H and O–H groups in total. The van der Waals surface area contributed by atoms with Crippen LogP contribution in [0.2, 0.25) is 0 Å². The Kier molecular flexibility index (Phi) is 5.09. The number of hydrogen-bond donors (Lipinski definition) is 1. The Morgan fingerprint density at radius 1 is 0.933 bits per heavy atom. The number of thioether (sulfide) groups is 1. The normalized spacial score (nSPS) is 22.8. The van der Waals surface area contributed by atoms with Gasteiger partial charge in [-0.1, -0.05) is 66.7 Å². The third-order valence-corrected chi connectivity index (χ3v) is 7.27. The molecule has 0 saturated heterocycles. The molecule has 4 heteroatoms. The molecular weight excluding hydrogens is 390 g/mol. The molecule has 0 unspecified atom stereocenters. The molecule has 0 fully saturated rings. The number of carbonyl (C=O) groups excluding carboxylic acids is 1. The van der Waals surface area contributed by atoms with Gasteiger partial charge in [0.05, 0.1) is 24.0 Å². The minimum atomic E-state index is -0.237. The number of ketones is 1. The van der Waals surface area contributed by atoms with Crippen LogP contribution in [0.5, 0.6) is 5.75 Å². The van der Waals surface area contributed by atoms with E-state index in [0.717, 1.165) is 27.6 Å². The molecule has 0 radical (unpaired) electrons.